The standard InChI is InChI=1S/C19H17FN2O/c20-19-4-2-1-3-18(19)16(14-21)13-15-5-7-17(8-6-15)22-9-11-23-12-10-22/h1-8,13H,9-12H2/b16-13-. The van der Waals surface area contributed by atoms with Gasteiger partial charge in [0.05, 0.1) is 24.9 Å². The molecule has 0 bridgehead atoms. The maximum atomic E-state index is 13.8. The smallest absolute Gasteiger partial charge is 0.131 e. The molecule has 2 aromatic carbocycles. The van der Waals surface area contributed by atoms with Gasteiger partial charge in [0.2, 0.25) is 0 Å². The first kappa shape index (κ1) is 15.3. The third-order valence-corrected chi connectivity index (χ3v) is 3.86. The zero-order valence-corrected chi connectivity index (χ0v) is 12.7. The molecule has 0 saturated carbocycles. The summed E-state index contributed by atoms with van der Waals surface area (Å²) in [7, 11) is 0. The highest BCUT2D eigenvalue weighted by atomic mass is 19.1. The molecule has 1 heterocycles. The summed E-state index contributed by atoms with van der Waals surface area (Å²) in [6.07, 6.45) is 1.71. The molecule has 4 heteroatoms. The van der Waals surface area contributed by atoms with Crippen LogP contribution in [0.25, 0.3) is 11.6 Å². The van der Waals surface area contributed by atoms with E-state index in [0.29, 0.717) is 11.1 Å². The molecule has 2 aromatic rings. The Kier molecular flexibility index (Phi) is 4.70. The highest BCUT2D eigenvalue weighted by molar-refractivity contribution is 5.89. The number of rotatable bonds is 3. The van der Waals surface area contributed by atoms with Crippen molar-refractivity contribution in [1.82, 2.24) is 0 Å². The Morgan fingerprint density at radius 2 is 1.78 bits per heavy atom. The highest BCUT2D eigenvalue weighted by Crippen LogP contribution is 2.22. The minimum atomic E-state index is -0.384. The van der Waals surface area contributed by atoms with Gasteiger partial charge in [-0.25, -0.2) is 4.39 Å². The van der Waals surface area contributed by atoms with Crippen LogP contribution in [0, 0.1) is 17.1 Å². The molecule has 3 nitrogen and oxygen atoms in total. The van der Waals surface area contributed by atoms with Gasteiger partial charge in [0, 0.05) is 24.3 Å². The van der Waals surface area contributed by atoms with Crippen molar-refractivity contribution in [2.45, 2.75) is 0 Å². The normalized spacial score (nSPS) is 15.3. The van der Waals surface area contributed by atoms with Crippen molar-refractivity contribution < 1.29 is 9.13 Å². The zero-order valence-electron chi connectivity index (χ0n) is 12.7. The predicted octanol–water partition coefficient (Wildman–Crippen LogP) is 3.73. The molecule has 3 rings (SSSR count). The Morgan fingerprint density at radius 1 is 1.09 bits per heavy atom. The second-order valence-corrected chi connectivity index (χ2v) is 5.34. The van der Waals surface area contributed by atoms with Crippen LogP contribution in [0.1, 0.15) is 11.1 Å². The molecule has 0 aliphatic carbocycles. The summed E-state index contributed by atoms with van der Waals surface area (Å²) in [5.41, 5.74) is 2.66. The van der Waals surface area contributed by atoms with E-state index in [0.717, 1.165) is 37.6 Å². The minimum absolute atomic E-state index is 0.322. The molecule has 1 aliphatic rings. The maximum Gasteiger partial charge on any atom is 0.131 e. The summed E-state index contributed by atoms with van der Waals surface area (Å²) in [4.78, 5) is 2.26. The number of anilines is 1. The van der Waals surface area contributed by atoms with Gasteiger partial charge in [-0.05, 0) is 29.8 Å². The minimum Gasteiger partial charge on any atom is -0.378 e. The fourth-order valence-electron chi connectivity index (χ4n) is 2.62. The summed E-state index contributed by atoms with van der Waals surface area (Å²) in [6, 6.07) is 16.3. The van der Waals surface area contributed by atoms with Gasteiger partial charge in [0.1, 0.15) is 5.82 Å². The Balaban J connectivity index is 1.84. The monoisotopic (exact) mass is 308 g/mol. The highest BCUT2D eigenvalue weighted by Gasteiger charge is 2.11. The molecule has 0 amide bonds. The number of ether oxygens (including phenoxy) is 1. The van der Waals surface area contributed by atoms with Gasteiger partial charge < -0.3 is 9.64 Å². The lowest BCUT2D eigenvalue weighted by atomic mass is 10.0. The summed E-state index contributed by atoms with van der Waals surface area (Å²) in [5.74, 6) is -0.384. The molecule has 0 N–H and O–H groups in total. The van der Waals surface area contributed by atoms with Crippen LogP contribution in [0.5, 0.6) is 0 Å². The van der Waals surface area contributed by atoms with E-state index in [9.17, 15) is 9.65 Å². The molecule has 0 unspecified atom stereocenters. The van der Waals surface area contributed by atoms with Crippen molar-refractivity contribution in [2.75, 3.05) is 31.2 Å². The van der Waals surface area contributed by atoms with Crippen LogP contribution in [-0.2, 0) is 4.74 Å². The van der Waals surface area contributed by atoms with Gasteiger partial charge in [-0.3, -0.25) is 0 Å². The summed E-state index contributed by atoms with van der Waals surface area (Å²) in [6.45, 7) is 3.25. The molecule has 1 saturated heterocycles. The first-order valence-electron chi connectivity index (χ1n) is 7.57. The number of nitriles is 1. The Hall–Kier alpha value is -2.64. The van der Waals surface area contributed by atoms with Crippen LogP contribution in [0.2, 0.25) is 0 Å². The van der Waals surface area contributed by atoms with E-state index in [4.69, 9.17) is 4.74 Å². The molecule has 116 valence electrons. The second-order valence-electron chi connectivity index (χ2n) is 5.34. The first-order chi connectivity index (χ1) is 11.3. The second kappa shape index (κ2) is 7.08. The third-order valence-electron chi connectivity index (χ3n) is 3.86. The van der Waals surface area contributed by atoms with Crippen LogP contribution >= 0.6 is 0 Å². The third kappa shape index (κ3) is 3.58. The number of allylic oxidation sites excluding steroid dienone is 1. The van der Waals surface area contributed by atoms with E-state index in [2.05, 4.69) is 11.0 Å². The quantitative estimate of drug-likeness (QED) is 0.640. The van der Waals surface area contributed by atoms with Crippen LogP contribution in [0.3, 0.4) is 0 Å². The van der Waals surface area contributed by atoms with E-state index in [1.54, 1.807) is 24.3 Å². The van der Waals surface area contributed by atoms with Crippen molar-refractivity contribution in [3.05, 3.63) is 65.5 Å². The predicted molar refractivity (Wildman–Crippen MR) is 89.4 cm³/mol. The number of benzene rings is 2. The van der Waals surface area contributed by atoms with E-state index in [1.165, 1.54) is 6.07 Å². The van der Waals surface area contributed by atoms with Crippen LogP contribution in [-0.4, -0.2) is 26.3 Å². The van der Waals surface area contributed by atoms with Crippen LogP contribution in [0.4, 0.5) is 10.1 Å². The Labute approximate surface area is 135 Å². The molecule has 23 heavy (non-hydrogen) atoms. The summed E-state index contributed by atoms with van der Waals surface area (Å²) < 4.78 is 19.2. The van der Waals surface area contributed by atoms with Gasteiger partial charge in [0.15, 0.2) is 0 Å². The van der Waals surface area contributed by atoms with Crippen LogP contribution < -0.4 is 4.90 Å². The lowest BCUT2D eigenvalue weighted by Crippen LogP contribution is -2.36. The average Bonchev–Trinajstić information content (AvgIpc) is 2.62. The van der Waals surface area contributed by atoms with Crippen molar-refractivity contribution in [2.24, 2.45) is 0 Å². The van der Waals surface area contributed by atoms with Gasteiger partial charge in [-0.1, -0.05) is 30.3 Å². The maximum absolute atomic E-state index is 13.8. The zero-order chi connectivity index (χ0) is 16.1. The Morgan fingerprint density at radius 3 is 2.43 bits per heavy atom. The van der Waals surface area contributed by atoms with Crippen molar-refractivity contribution in [1.29, 1.82) is 5.26 Å². The van der Waals surface area contributed by atoms with Gasteiger partial charge in [-0.2, -0.15) is 5.26 Å². The van der Waals surface area contributed by atoms with Gasteiger partial charge in [0.25, 0.3) is 0 Å². The molecule has 0 aromatic heterocycles. The average molecular weight is 308 g/mol. The summed E-state index contributed by atoms with van der Waals surface area (Å²) in [5, 5.41) is 9.32. The largest absolute Gasteiger partial charge is 0.378 e. The molecule has 1 fully saturated rings. The number of halogens is 1. The van der Waals surface area contributed by atoms with E-state index in [-0.39, 0.29) is 5.82 Å². The molecular formula is C19H17FN2O. The Bertz CT molecular complexity index is 741. The fourth-order valence-corrected chi connectivity index (χ4v) is 2.62. The SMILES string of the molecule is N#C/C(=C/c1ccc(N2CCOCC2)cc1)c1ccccc1F. The van der Waals surface area contributed by atoms with E-state index < -0.39 is 0 Å². The lowest BCUT2D eigenvalue weighted by molar-refractivity contribution is 0.122. The number of hydrogen-bond donors (Lipinski definition) is 0. The summed E-state index contributed by atoms with van der Waals surface area (Å²) >= 11 is 0. The molecule has 1 aliphatic heterocycles. The lowest BCUT2D eigenvalue weighted by Gasteiger charge is -2.28. The van der Waals surface area contributed by atoms with Crippen molar-refractivity contribution in [3.8, 4) is 6.07 Å². The van der Waals surface area contributed by atoms with Gasteiger partial charge >= 0.3 is 0 Å². The van der Waals surface area contributed by atoms with E-state index >= 15 is 0 Å². The molecule has 0 spiro atoms. The number of hydrogen-bond acceptors (Lipinski definition) is 3. The number of nitrogens with zero attached hydrogens (tertiary/aromatic N) is 2. The molecule has 0 radical (unpaired) electrons. The molecular weight excluding hydrogens is 291 g/mol. The van der Waals surface area contributed by atoms with E-state index in [1.807, 2.05) is 24.3 Å². The first-order valence-corrected chi connectivity index (χ1v) is 7.57. The fraction of sp³-hybridized carbons (Fsp3) is 0.211. The number of morpholine rings is 1. The van der Waals surface area contributed by atoms with Crippen LogP contribution in [0.15, 0.2) is 48.5 Å². The topological polar surface area (TPSA) is 36.3 Å². The van der Waals surface area contributed by atoms with Gasteiger partial charge in [-0.15, -0.1) is 0 Å². The molecule has 0 atom stereocenters. The van der Waals surface area contributed by atoms with Crippen molar-refractivity contribution in [3.63, 3.8) is 0 Å². The van der Waals surface area contributed by atoms with Crippen molar-refractivity contribution >= 4 is 17.3 Å².